The molecule has 1 N–H and O–H groups in total. The predicted octanol–water partition coefficient (Wildman–Crippen LogP) is 2.11. The van der Waals surface area contributed by atoms with E-state index in [1.165, 1.54) is 0 Å². The Labute approximate surface area is 138 Å². The van der Waals surface area contributed by atoms with Gasteiger partial charge in [0.1, 0.15) is 0 Å². The molecule has 6 nitrogen and oxygen atoms in total. The van der Waals surface area contributed by atoms with Gasteiger partial charge >= 0.3 is 0 Å². The van der Waals surface area contributed by atoms with Gasteiger partial charge in [-0.25, -0.2) is 0 Å². The van der Waals surface area contributed by atoms with E-state index in [-0.39, 0.29) is 5.91 Å². The first-order valence-electron chi connectivity index (χ1n) is 7.06. The monoisotopic (exact) mass is 401 g/mol. The molecule has 2 aromatic rings. The number of aromatic nitrogens is 4. The van der Waals surface area contributed by atoms with Gasteiger partial charge < -0.3 is 5.32 Å². The molecule has 0 spiro atoms. The van der Waals surface area contributed by atoms with Gasteiger partial charge in [-0.1, -0.05) is 0 Å². The number of amides is 1. The number of nitrogens with zero attached hydrogens (tertiary/aromatic N) is 4. The predicted molar refractivity (Wildman–Crippen MR) is 88.7 cm³/mol. The Morgan fingerprint density at radius 2 is 2.29 bits per heavy atom. The molecule has 1 amide bonds. The van der Waals surface area contributed by atoms with Crippen molar-refractivity contribution in [1.29, 1.82) is 0 Å². The van der Waals surface area contributed by atoms with E-state index in [1.54, 1.807) is 0 Å². The van der Waals surface area contributed by atoms with Crippen LogP contribution in [0.4, 0.5) is 0 Å². The lowest BCUT2D eigenvalue weighted by Gasteiger charge is -2.07. The Morgan fingerprint density at radius 1 is 1.48 bits per heavy atom. The maximum atomic E-state index is 11.8. The molecule has 21 heavy (non-hydrogen) atoms. The van der Waals surface area contributed by atoms with Gasteiger partial charge in [-0.15, -0.1) is 0 Å². The zero-order valence-electron chi connectivity index (χ0n) is 12.3. The zero-order valence-corrected chi connectivity index (χ0v) is 14.5. The van der Waals surface area contributed by atoms with E-state index in [1.807, 2.05) is 41.7 Å². The van der Waals surface area contributed by atoms with Crippen LogP contribution in [0, 0.1) is 10.5 Å². The summed E-state index contributed by atoms with van der Waals surface area (Å²) < 4.78 is 4.89. The first-order chi connectivity index (χ1) is 10.1. The summed E-state index contributed by atoms with van der Waals surface area (Å²) in [6.07, 6.45) is 5.08. The van der Waals surface area contributed by atoms with E-state index in [4.69, 9.17) is 0 Å². The molecule has 0 aromatic carbocycles. The maximum Gasteiger partial charge on any atom is 0.220 e. The molecule has 0 saturated heterocycles. The van der Waals surface area contributed by atoms with Crippen molar-refractivity contribution < 1.29 is 4.79 Å². The van der Waals surface area contributed by atoms with Gasteiger partial charge in [0, 0.05) is 25.7 Å². The SMILES string of the molecule is CCn1nc(C)cc1CNC(=O)CCCn1cc(I)cn1. The lowest BCUT2D eigenvalue weighted by Crippen LogP contribution is -2.24. The van der Waals surface area contributed by atoms with E-state index in [2.05, 4.69) is 38.1 Å². The molecule has 0 aliphatic heterocycles. The van der Waals surface area contributed by atoms with Crippen molar-refractivity contribution in [2.45, 2.75) is 46.3 Å². The highest BCUT2D eigenvalue weighted by molar-refractivity contribution is 14.1. The average molecular weight is 401 g/mol. The Kier molecular flexibility index (Phi) is 5.77. The number of aryl methyl sites for hydroxylation is 3. The second-order valence-corrected chi connectivity index (χ2v) is 6.14. The van der Waals surface area contributed by atoms with Crippen LogP contribution < -0.4 is 5.32 Å². The Bertz CT molecular complexity index is 604. The van der Waals surface area contributed by atoms with Crippen LogP contribution in [0.2, 0.25) is 0 Å². The Hall–Kier alpha value is -1.38. The quantitative estimate of drug-likeness (QED) is 0.723. The number of nitrogens with one attached hydrogen (secondary N) is 1. The first-order valence-corrected chi connectivity index (χ1v) is 8.14. The fourth-order valence-electron chi connectivity index (χ4n) is 2.15. The molecule has 114 valence electrons. The zero-order chi connectivity index (χ0) is 15.2. The standard InChI is InChI=1S/C14H20IN5O/c1-3-20-13(7-11(2)18-20)9-16-14(21)5-4-6-19-10-12(15)8-17-19/h7-8,10H,3-6,9H2,1-2H3,(H,16,21). The van der Waals surface area contributed by atoms with Crippen molar-refractivity contribution in [3.05, 3.63) is 33.4 Å². The summed E-state index contributed by atoms with van der Waals surface area (Å²) in [5, 5.41) is 11.5. The summed E-state index contributed by atoms with van der Waals surface area (Å²) in [6.45, 7) is 6.12. The van der Waals surface area contributed by atoms with Crippen LogP contribution in [0.1, 0.15) is 31.2 Å². The third-order valence-corrected chi connectivity index (χ3v) is 3.70. The van der Waals surface area contributed by atoms with E-state index in [0.29, 0.717) is 13.0 Å². The third-order valence-electron chi connectivity index (χ3n) is 3.14. The molecule has 0 fully saturated rings. The second kappa shape index (κ2) is 7.58. The van der Waals surface area contributed by atoms with Crippen LogP contribution in [0.25, 0.3) is 0 Å². The number of rotatable bonds is 7. The molecule has 0 aliphatic rings. The Morgan fingerprint density at radius 3 is 2.95 bits per heavy atom. The summed E-state index contributed by atoms with van der Waals surface area (Å²) in [7, 11) is 0. The van der Waals surface area contributed by atoms with Gasteiger partial charge in [-0.05, 0) is 48.9 Å². The van der Waals surface area contributed by atoms with Crippen LogP contribution in [-0.2, 0) is 24.4 Å². The fourth-order valence-corrected chi connectivity index (χ4v) is 2.60. The van der Waals surface area contributed by atoms with Crippen LogP contribution in [0.15, 0.2) is 18.5 Å². The molecule has 0 atom stereocenters. The molecule has 0 bridgehead atoms. The first kappa shape index (κ1) is 16.0. The third kappa shape index (κ3) is 4.83. The summed E-state index contributed by atoms with van der Waals surface area (Å²) in [6, 6.07) is 2.01. The molecule has 0 saturated carbocycles. The number of halogens is 1. The van der Waals surface area contributed by atoms with Crippen molar-refractivity contribution in [2.75, 3.05) is 0 Å². The van der Waals surface area contributed by atoms with E-state index >= 15 is 0 Å². The minimum Gasteiger partial charge on any atom is -0.350 e. The van der Waals surface area contributed by atoms with E-state index in [9.17, 15) is 4.79 Å². The number of carbonyl (C=O) groups is 1. The lowest BCUT2D eigenvalue weighted by atomic mass is 10.3. The summed E-state index contributed by atoms with van der Waals surface area (Å²) >= 11 is 2.22. The number of carbonyl (C=O) groups excluding carboxylic acids is 1. The number of hydrogen-bond donors (Lipinski definition) is 1. The minimum atomic E-state index is 0.0679. The molecule has 0 aliphatic carbocycles. The van der Waals surface area contributed by atoms with Gasteiger partial charge in [0.15, 0.2) is 0 Å². The largest absolute Gasteiger partial charge is 0.350 e. The molecule has 7 heteroatoms. The van der Waals surface area contributed by atoms with Crippen LogP contribution in [0.5, 0.6) is 0 Å². The summed E-state index contributed by atoms with van der Waals surface area (Å²) in [5.41, 5.74) is 2.03. The normalized spacial score (nSPS) is 10.8. The topological polar surface area (TPSA) is 64.7 Å². The average Bonchev–Trinajstić information content (AvgIpc) is 3.02. The molecule has 0 radical (unpaired) electrons. The van der Waals surface area contributed by atoms with Gasteiger partial charge in [-0.3, -0.25) is 14.2 Å². The van der Waals surface area contributed by atoms with Crippen LogP contribution >= 0.6 is 22.6 Å². The van der Waals surface area contributed by atoms with Crippen molar-refractivity contribution in [3.8, 4) is 0 Å². The van der Waals surface area contributed by atoms with Crippen molar-refractivity contribution >= 4 is 28.5 Å². The second-order valence-electron chi connectivity index (χ2n) is 4.89. The maximum absolute atomic E-state index is 11.8. The minimum absolute atomic E-state index is 0.0679. The van der Waals surface area contributed by atoms with Crippen molar-refractivity contribution in [1.82, 2.24) is 24.9 Å². The molecular weight excluding hydrogens is 381 g/mol. The van der Waals surface area contributed by atoms with Crippen LogP contribution in [-0.4, -0.2) is 25.5 Å². The molecule has 2 aromatic heterocycles. The van der Waals surface area contributed by atoms with Crippen LogP contribution in [0.3, 0.4) is 0 Å². The van der Waals surface area contributed by atoms with E-state index < -0.39 is 0 Å². The highest BCUT2D eigenvalue weighted by atomic mass is 127. The van der Waals surface area contributed by atoms with Crippen molar-refractivity contribution in [2.24, 2.45) is 0 Å². The smallest absolute Gasteiger partial charge is 0.220 e. The van der Waals surface area contributed by atoms with Crippen molar-refractivity contribution in [3.63, 3.8) is 0 Å². The highest BCUT2D eigenvalue weighted by Gasteiger charge is 2.06. The Balaban J connectivity index is 1.72. The number of hydrogen-bond acceptors (Lipinski definition) is 3. The molecule has 2 heterocycles. The molecule has 2 rings (SSSR count). The highest BCUT2D eigenvalue weighted by Crippen LogP contribution is 2.05. The molecular formula is C14H20IN5O. The summed E-state index contributed by atoms with van der Waals surface area (Å²) in [4.78, 5) is 11.8. The molecule has 0 unspecified atom stereocenters. The fraction of sp³-hybridized carbons (Fsp3) is 0.500. The van der Waals surface area contributed by atoms with E-state index in [0.717, 1.165) is 34.5 Å². The lowest BCUT2D eigenvalue weighted by molar-refractivity contribution is -0.121. The van der Waals surface area contributed by atoms with Gasteiger partial charge in [-0.2, -0.15) is 10.2 Å². The van der Waals surface area contributed by atoms with Gasteiger partial charge in [0.2, 0.25) is 5.91 Å². The van der Waals surface area contributed by atoms with Gasteiger partial charge in [0.05, 0.1) is 27.7 Å². The van der Waals surface area contributed by atoms with Gasteiger partial charge in [0.25, 0.3) is 0 Å². The summed E-state index contributed by atoms with van der Waals surface area (Å²) in [5.74, 6) is 0.0679.